The van der Waals surface area contributed by atoms with Gasteiger partial charge in [-0.15, -0.1) is 0 Å². The van der Waals surface area contributed by atoms with Gasteiger partial charge in [-0.2, -0.15) is 0 Å². The molecule has 0 spiro atoms. The maximum atomic E-state index is 2.41. The zero-order chi connectivity index (χ0) is 17.5. The summed E-state index contributed by atoms with van der Waals surface area (Å²) in [5, 5.41) is 5.29. The standard InChI is InChI=1S/C26H22/c1-2-7-18-14-21-10-5-12-23(25(21)15-18)24-13-6-11-22-16-19-8-3-4-9-20(19)17-26(22)24/h3-6,8-14,16-17H,2,7,15H2,1H3. The Morgan fingerprint density at radius 1 is 0.731 bits per heavy atom. The minimum absolute atomic E-state index is 1.10. The molecule has 26 heavy (non-hydrogen) atoms. The van der Waals surface area contributed by atoms with Crippen molar-refractivity contribution in [3.05, 3.63) is 89.5 Å². The molecule has 0 saturated heterocycles. The molecule has 0 fully saturated rings. The molecule has 0 saturated carbocycles. The molecular weight excluding hydrogens is 312 g/mol. The van der Waals surface area contributed by atoms with E-state index in [4.69, 9.17) is 0 Å². The third-order valence-electron chi connectivity index (χ3n) is 5.58. The average Bonchev–Trinajstić information content (AvgIpc) is 3.09. The Morgan fingerprint density at radius 2 is 1.46 bits per heavy atom. The second kappa shape index (κ2) is 6.14. The minimum atomic E-state index is 1.10. The van der Waals surface area contributed by atoms with E-state index in [0.29, 0.717) is 0 Å². The highest BCUT2D eigenvalue weighted by Crippen LogP contribution is 2.39. The third-order valence-corrected chi connectivity index (χ3v) is 5.58. The van der Waals surface area contributed by atoms with Crippen LogP contribution < -0.4 is 0 Å². The summed E-state index contributed by atoms with van der Waals surface area (Å²) in [5.41, 5.74) is 7.22. The normalized spacial score (nSPS) is 13.2. The fraction of sp³-hybridized carbons (Fsp3) is 0.154. The number of fused-ring (bicyclic) bond motifs is 3. The van der Waals surface area contributed by atoms with E-state index >= 15 is 0 Å². The van der Waals surface area contributed by atoms with Crippen LogP contribution in [0.5, 0.6) is 0 Å². The van der Waals surface area contributed by atoms with E-state index in [2.05, 4.69) is 85.8 Å². The van der Waals surface area contributed by atoms with Gasteiger partial charge in [0.05, 0.1) is 0 Å². The predicted octanol–water partition coefficient (Wildman–Crippen LogP) is 7.40. The van der Waals surface area contributed by atoms with E-state index in [1.165, 1.54) is 56.6 Å². The van der Waals surface area contributed by atoms with Crippen LogP contribution in [0.1, 0.15) is 30.9 Å². The topological polar surface area (TPSA) is 0 Å². The second-order valence-electron chi connectivity index (χ2n) is 7.33. The molecule has 4 aromatic carbocycles. The summed E-state index contributed by atoms with van der Waals surface area (Å²) in [7, 11) is 0. The lowest BCUT2D eigenvalue weighted by molar-refractivity contribution is 0.887. The fourth-order valence-electron chi connectivity index (χ4n) is 4.37. The van der Waals surface area contributed by atoms with Crippen molar-refractivity contribution in [1.29, 1.82) is 0 Å². The zero-order valence-corrected chi connectivity index (χ0v) is 15.1. The monoisotopic (exact) mass is 334 g/mol. The minimum Gasteiger partial charge on any atom is -0.0652 e. The van der Waals surface area contributed by atoms with Gasteiger partial charge >= 0.3 is 0 Å². The molecule has 0 unspecified atom stereocenters. The molecule has 0 heterocycles. The molecule has 0 aliphatic heterocycles. The van der Waals surface area contributed by atoms with Crippen molar-refractivity contribution in [2.75, 3.05) is 0 Å². The van der Waals surface area contributed by atoms with Crippen molar-refractivity contribution in [3.8, 4) is 11.1 Å². The van der Waals surface area contributed by atoms with Gasteiger partial charge in [-0.05, 0) is 68.8 Å². The molecule has 0 amide bonds. The van der Waals surface area contributed by atoms with E-state index in [1.54, 1.807) is 5.57 Å². The van der Waals surface area contributed by atoms with Crippen molar-refractivity contribution in [2.45, 2.75) is 26.2 Å². The number of hydrogen-bond donors (Lipinski definition) is 0. The van der Waals surface area contributed by atoms with Crippen LogP contribution in [0.3, 0.4) is 0 Å². The smallest absolute Gasteiger partial charge is 0.00517 e. The maximum absolute atomic E-state index is 2.41. The van der Waals surface area contributed by atoms with Gasteiger partial charge in [0.1, 0.15) is 0 Å². The Hall–Kier alpha value is -2.86. The highest BCUT2D eigenvalue weighted by atomic mass is 14.2. The quantitative estimate of drug-likeness (QED) is 0.342. The fourth-order valence-corrected chi connectivity index (χ4v) is 4.37. The summed E-state index contributed by atoms with van der Waals surface area (Å²) in [5.74, 6) is 0. The molecule has 0 aromatic heterocycles. The van der Waals surface area contributed by atoms with Crippen LogP contribution in [0.15, 0.2) is 78.4 Å². The first-order valence-corrected chi connectivity index (χ1v) is 9.57. The van der Waals surface area contributed by atoms with Gasteiger partial charge in [0.25, 0.3) is 0 Å². The molecule has 0 radical (unpaired) electrons. The molecule has 0 atom stereocenters. The van der Waals surface area contributed by atoms with Crippen molar-refractivity contribution >= 4 is 27.6 Å². The third kappa shape index (κ3) is 2.45. The maximum Gasteiger partial charge on any atom is -0.00517 e. The molecule has 0 N–H and O–H groups in total. The van der Waals surface area contributed by atoms with Crippen LogP contribution in [0.25, 0.3) is 38.7 Å². The van der Waals surface area contributed by atoms with Gasteiger partial charge in [-0.25, -0.2) is 0 Å². The van der Waals surface area contributed by atoms with Gasteiger partial charge in [-0.1, -0.05) is 85.7 Å². The molecule has 0 bridgehead atoms. The number of benzene rings is 4. The number of allylic oxidation sites excluding steroid dienone is 1. The van der Waals surface area contributed by atoms with E-state index in [1.807, 2.05) is 0 Å². The first-order chi connectivity index (χ1) is 12.8. The van der Waals surface area contributed by atoms with Crippen LogP contribution in [0, 0.1) is 0 Å². The zero-order valence-electron chi connectivity index (χ0n) is 15.1. The Kier molecular flexibility index (Phi) is 3.64. The van der Waals surface area contributed by atoms with Gasteiger partial charge in [-0.3, -0.25) is 0 Å². The van der Waals surface area contributed by atoms with Crippen molar-refractivity contribution < 1.29 is 0 Å². The summed E-state index contributed by atoms with van der Waals surface area (Å²) >= 11 is 0. The average molecular weight is 334 g/mol. The lowest BCUT2D eigenvalue weighted by atomic mass is 9.91. The van der Waals surface area contributed by atoms with Gasteiger partial charge < -0.3 is 0 Å². The van der Waals surface area contributed by atoms with Crippen LogP contribution in [0.2, 0.25) is 0 Å². The van der Waals surface area contributed by atoms with Gasteiger partial charge in [0, 0.05) is 0 Å². The summed E-state index contributed by atoms with van der Waals surface area (Å²) in [4.78, 5) is 0. The first kappa shape index (κ1) is 15.4. The molecule has 4 aromatic rings. The SMILES string of the molecule is CCCC1=Cc2cccc(-c3cccc4cc5ccccc5cc34)c2C1. The lowest BCUT2D eigenvalue weighted by Gasteiger charge is -2.13. The van der Waals surface area contributed by atoms with E-state index in [9.17, 15) is 0 Å². The largest absolute Gasteiger partial charge is 0.0652 e. The molecule has 1 aliphatic rings. The van der Waals surface area contributed by atoms with E-state index in [0.717, 1.165) is 6.42 Å². The van der Waals surface area contributed by atoms with Crippen LogP contribution >= 0.6 is 0 Å². The lowest BCUT2D eigenvalue weighted by Crippen LogP contribution is -1.91. The Morgan fingerprint density at radius 3 is 2.31 bits per heavy atom. The summed E-state index contributed by atoms with van der Waals surface area (Å²) in [6.45, 7) is 2.26. The highest BCUT2D eigenvalue weighted by Gasteiger charge is 2.17. The highest BCUT2D eigenvalue weighted by molar-refractivity contribution is 6.05. The predicted molar refractivity (Wildman–Crippen MR) is 113 cm³/mol. The Balaban J connectivity index is 1.72. The van der Waals surface area contributed by atoms with Gasteiger partial charge in [0.2, 0.25) is 0 Å². The van der Waals surface area contributed by atoms with Crippen LogP contribution in [-0.4, -0.2) is 0 Å². The Bertz CT molecular complexity index is 1160. The summed E-state index contributed by atoms with van der Waals surface area (Å²) < 4.78 is 0. The van der Waals surface area contributed by atoms with Gasteiger partial charge in [0.15, 0.2) is 0 Å². The van der Waals surface area contributed by atoms with Crippen LogP contribution in [0.4, 0.5) is 0 Å². The molecule has 1 aliphatic carbocycles. The van der Waals surface area contributed by atoms with Crippen molar-refractivity contribution in [3.63, 3.8) is 0 Å². The number of rotatable bonds is 3. The molecule has 0 heteroatoms. The van der Waals surface area contributed by atoms with Crippen molar-refractivity contribution in [1.82, 2.24) is 0 Å². The molecule has 126 valence electrons. The van der Waals surface area contributed by atoms with E-state index in [-0.39, 0.29) is 0 Å². The van der Waals surface area contributed by atoms with Crippen LogP contribution in [-0.2, 0) is 6.42 Å². The van der Waals surface area contributed by atoms with Crippen molar-refractivity contribution in [2.24, 2.45) is 0 Å². The number of hydrogen-bond acceptors (Lipinski definition) is 0. The molecule has 0 nitrogen and oxygen atoms in total. The second-order valence-corrected chi connectivity index (χ2v) is 7.33. The molecule has 5 rings (SSSR count). The summed E-state index contributed by atoms with van der Waals surface area (Å²) in [6, 6.07) is 26.8. The van der Waals surface area contributed by atoms with E-state index < -0.39 is 0 Å². The summed E-state index contributed by atoms with van der Waals surface area (Å²) in [6.07, 6.45) is 5.93. The first-order valence-electron chi connectivity index (χ1n) is 9.57. The Labute approximate surface area is 154 Å². The molecular formula is C26H22.